The number of ether oxygens (including phenoxy) is 1. The number of fused-ring (bicyclic) bond motifs is 2. The van der Waals surface area contributed by atoms with Gasteiger partial charge in [0.05, 0.1) is 33.8 Å². The van der Waals surface area contributed by atoms with Crippen LogP contribution in [0, 0.1) is 0 Å². The SMILES string of the molecule is CCOC(=O)c1c(Nc2nc3ccccc3nc2NS(=O)(=O)c2cc(Br)c(NC(C)=O)c(Br)c2)sc2c1CCCC2. The highest BCUT2D eigenvalue weighted by Gasteiger charge is 2.28. The first kappa shape index (κ1) is 29.4. The Morgan fingerprint density at radius 3 is 2.29 bits per heavy atom. The van der Waals surface area contributed by atoms with Gasteiger partial charge in [-0.3, -0.25) is 9.52 Å². The van der Waals surface area contributed by atoms with Crippen molar-refractivity contribution >= 4 is 98.5 Å². The first-order valence-corrected chi connectivity index (χ1v) is 16.6. The van der Waals surface area contributed by atoms with Gasteiger partial charge in [-0.05, 0) is 94.3 Å². The maximum absolute atomic E-state index is 13.6. The number of amides is 1. The second kappa shape index (κ2) is 12.0. The van der Waals surface area contributed by atoms with Crippen molar-refractivity contribution in [1.29, 1.82) is 0 Å². The van der Waals surface area contributed by atoms with Crippen LogP contribution in [-0.4, -0.2) is 36.9 Å². The van der Waals surface area contributed by atoms with E-state index in [9.17, 15) is 18.0 Å². The molecule has 1 amide bonds. The number of nitrogens with zero attached hydrogens (tertiary/aromatic N) is 2. The lowest BCUT2D eigenvalue weighted by molar-refractivity contribution is -0.114. The summed E-state index contributed by atoms with van der Waals surface area (Å²) in [6.45, 7) is 3.34. The van der Waals surface area contributed by atoms with E-state index in [-0.39, 0.29) is 29.0 Å². The monoisotopic (exact) mass is 721 g/mol. The fourth-order valence-corrected chi connectivity index (χ4v) is 8.55. The van der Waals surface area contributed by atoms with Crippen molar-refractivity contribution in [2.75, 3.05) is 22.0 Å². The first-order chi connectivity index (χ1) is 19.6. The van der Waals surface area contributed by atoms with Crippen molar-refractivity contribution in [2.45, 2.75) is 44.4 Å². The number of anilines is 4. The van der Waals surface area contributed by atoms with Crippen molar-refractivity contribution in [3.8, 4) is 0 Å². The van der Waals surface area contributed by atoms with E-state index in [1.165, 1.54) is 30.4 Å². The largest absolute Gasteiger partial charge is 0.462 e. The second-order valence-electron chi connectivity index (χ2n) is 9.22. The lowest BCUT2D eigenvalue weighted by atomic mass is 9.95. The summed E-state index contributed by atoms with van der Waals surface area (Å²) in [6.07, 6.45) is 3.63. The number of para-hydroxylation sites is 2. The molecule has 214 valence electrons. The summed E-state index contributed by atoms with van der Waals surface area (Å²) in [4.78, 5) is 34.9. The van der Waals surface area contributed by atoms with Crippen molar-refractivity contribution < 1.29 is 22.7 Å². The topological polar surface area (TPSA) is 139 Å². The molecule has 5 rings (SSSR count). The number of aromatic nitrogens is 2. The lowest BCUT2D eigenvalue weighted by Gasteiger charge is -2.15. The number of halogens is 2. The molecule has 2 aromatic carbocycles. The molecule has 0 spiro atoms. The number of rotatable bonds is 8. The minimum absolute atomic E-state index is 0.0388. The zero-order chi connectivity index (χ0) is 29.3. The highest BCUT2D eigenvalue weighted by Crippen LogP contribution is 2.41. The summed E-state index contributed by atoms with van der Waals surface area (Å²) in [5.74, 6) is -0.633. The molecule has 0 radical (unpaired) electrons. The number of esters is 1. The Kier molecular flexibility index (Phi) is 8.64. The highest BCUT2D eigenvalue weighted by molar-refractivity contribution is 9.11. The Morgan fingerprint density at radius 2 is 1.66 bits per heavy atom. The summed E-state index contributed by atoms with van der Waals surface area (Å²) in [7, 11) is -4.18. The van der Waals surface area contributed by atoms with Crippen LogP contribution in [0.2, 0.25) is 0 Å². The van der Waals surface area contributed by atoms with Crippen molar-refractivity contribution in [3.05, 3.63) is 61.3 Å². The molecular formula is C27H25Br2N5O5S2. The van der Waals surface area contributed by atoms with E-state index in [1.807, 2.05) is 6.07 Å². The standard InChI is InChI=1S/C27H25Br2N5O5S2/c1-3-39-27(36)22-16-8-4-7-11-21(16)40-26(22)33-24-25(32-20-10-6-5-9-19(20)31-24)34-41(37,38)15-12-17(28)23(18(29)13-15)30-14(2)35/h5-6,9-10,12-13H,3-4,7-8,11H2,1-2H3,(H,30,35)(H,31,33)(H,32,34). The van der Waals surface area contributed by atoms with E-state index < -0.39 is 16.0 Å². The number of hydrogen-bond acceptors (Lipinski definition) is 9. The van der Waals surface area contributed by atoms with Gasteiger partial charge in [0.25, 0.3) is 10.0 Å². The number of benzene rings is 2. The molecule has 0 bridgehead atoms. The fourth-order valence-electron chi connectivity index (χ4n) is 4.53. The van der Waals surface area contributed by atoms with Crippen LogP contribution in [0.3, 0.4) is 0 Å². The van der Waals surface area contributed by atoms with Crippen LogP contribution in [-0.2, 0) is 32.4 Å². The molecule has 41 heavy (non-hydrogen) atoms. The molecule has 1 aliphatic rings. The number of thiophene rings is 1. The summed E-state index contributed by atoms with van der Waals surface area (Å²) >= 11 is 8.12. The summed E-state index contributed by atoms with van der Waals surface area (Å²) < 4.78 is 35.9. The molecule has 4 aromatic rings. The van der Waals surface area contributed by atoms with E-state index in [4.69, 9.17) is 4.74 Å². The number of hydrogen-bond donors (Lipinski definition) is 3. The zero-order valence-electron chi connectivity index (χ0n) is 22.0. The van der Waals surface area contributed by atoms with Crippen LogP contribution in [0.1, 0.15) is 47.5 Å². The van der Waals surface area contributed by atoms with Gasteiger partial charge in [-0.1, -0.05) is 12.1 Å². The van der Waals surface area contributed by atoms with Gasteiger partial charge in [0.2, 0.25) is 5.91 Å². The predicted molar refractivity (Wildman–Crippen MR) is 167 cm³/mol. The van der Waals surface area contributed by atoms with Crippen LogP contribution < -0.4 is 15.4 Å². The van der Waals surface area contributed by atoms with E-state index in [0.29, 0.717) is 36.2 Å². The molecule has 0 fully saturated rings. The van der Waals surface area contributed by atoms with Crippen LogP contribution in [0.25, 0.3) is 11.0 Å². The minimum Gasteiger partial charge on any atom is -0.462 e. The molecule has 14 heteroatoms. The normalized spacial score (nSPS) is 13.0. The lowest BCUT2D eigenvalue weighted by Crippen LogP contribution is -2.17. The van der Waals surface area contributed by atoms with Crippen molar-refractivity contribution in [2.24, 2.45) is 0 Å². The van der Waals surface area contributed by atoms with Gasteiger partial charge in [0.15, 0.2) is 11.6 Å². The average molecular weight is 723 g/mol. The minimum atomic E-state index is -4.18. The molecule has 2 heterocycles. The van der Waals surface area contributed by atoms with E-state index in [1.54, 1.807) is 25.1 Å². The third kappa shape index (κ3) is 6.25. The van der Waals surface area contributed by atoms with Gasteiger partial charge >= 0.3 is 5.97 Å². The van der Waals surface area contributed by atoms with Gasteiger partial charge in [-0.15, -0.1) is 11.3 Å². The molecule has 0 aliphatic heterocycles. The van der Waals surface area contributed by atoms with Gasteiger partial charge in [-0.2, -0.15) is 0 Å². The molecule has 2 aromatic heterocycles. The molecular weight excluding hydrogens is 698 g/mol. The predicted octanol–water partition coefficient (Wildman–Crippen LogP) is 6.77. The number of aryl methyl sites for hydroxylation is 1. The number of nitrogens with one attached hydrogen (secondary N) is 3. The van der Waals surface area contributed by atoms with Crippen molar-refractivity contribution in [1.82, 2.24) is 9.97 Å². The maximum Gasteiger partial charge on any atom is 0.341 e. The van der Waals surface area contributed by atoms with E-state index in [2.05, 4.69) is 57.2 Å². The molecule has 3 N–H and O–H groups in total. The Balaban J connectivity index is 1.58. The first-order valence-electron chi connectivity index (χ1n) is 12.7. The summed E-state index contributed by atoms with van der Waals surface area (Å²) in [5.41, 5.74) is 2.85. The smallest absolute Gasteiger partial charge is 0.341 e. The molecule has 0 atom stereocenters. The zero-order valence-corrected chi connectivity index (χ0v) is 26.8. The van der Waals surface area contributed by atoms with Crippen LogP contribution in [0.5, 0.6) is 0 Å². The molecule has 10 nitrogen and oxygen atoms in total. The second-order valence-corrected chi connectivity index (χ2v) is 13.7. The van der Waals surface area contributed by atoms with E-state index in [0.717, 1.165) is 36.1 Å². The van der Waals surface area contributed by atoms with Crippen LogP contribution in [0.15, 0.2) is 50.2 Å². The van der Waals surface area contributed by atoms with Crippen LogP contribution >= 0.6 is 43.2 Å². The average Bonchev–Trinajstić information content (AvgIpc) is 3.28. The Bertz CT molecular complexity index is 1770. The summed E-state index contributed by atoms with van der Waals surface area (Å²) in [5, 5.41) is 6.39. The quantitative estimate of drug-likeness (QED) is 0.169. The molecule has 1 aliphatic carbocycles. The molecule has 0 saturated carbocycles. The maximum atomic E-state index is 13.6. The highest BCUT2D eigenvalue weighted by atomic mass is 79.9. The van der Waals surface area contributed by atoms with Gasteiger partial charge in [0, 0.05) is 20.7 Å². The van der Waals surface area contributed by atoms with Crippen molar-refractivity contribution in [3.63, 3.8) is 0 Å². The van der Waals surface area contributed by atoms with Gasteiger partial charge in [0.1, 0.15) is 5.00 Å². The number of sulfonamides is 1. The third-order valence-electron chi connectivity index (χ3n) is 6.31. The Labute approximate surface area is 257 Å². The molecule has 0 unspecified atom stereocenters. The van der Waals surface area contributed by atoms with Gasteiger partial charge in [-0.25, -0.2) is 23.2 Å². The Morgan fingerprint density at radius 1 is 1.02 bits per heavy atom. The van der Waals surface area contributed by atoms with Gasteiger partial charge < -0.3 is 15.4 Å². The fraction of sp³-hybridized carbons (Fsp3) is 0.259. The Hall–Kier alpha value is -3.07. The van der Waals surface area contributed by atoms with E-state index >= 15 is 0 Å². The number of carbonyl (C=O) groups excluding carboxylic acids is 2. The summed E-state index contributed by atoms with van der Waals surface area (Å²) in [6, 6.07) is 9.85. The third-order valence-corrected chi connectivity index (χ3v) is 10.1. The number of carbonyl (C=O) groups is 2. The van der Waals surface area contributed by atoms with Crippen LogP contribution in [0.4, 0.5) is 22.3 Å². The molecule has 0 saturated heterocycles.